The van der Waals surface area contributed by atoms with Gasteiger partial charge in [0, 0.05) is 28.5 Å². The fraction of sp³-hybridized carbons (Fsp3) is 0.111. The van der Waals surface area contributed by atoms with E-state index in [1.165, 1.54) is 0 Å². The van der Waals surface area contributed by atoms with Gasteiger partial charge in [-0.3, -0.25) is 10.1 Å². The molecular formula is C18H11N4Na4O15PS2. The number of aromatic hydroxyl groups is 1. The number of hydrogen-bond donors (Lipinski definition) is 2. The third-order valence-electron chi connectivity index (χ3n) is 4.98. The summed E-state index contributed by atoms with van der Waals surface area (Å²) < 4.78 is 86.1. The van der Waals surface area contributed by atoms with E-state index >= 15 is 0 Å². The van der Waals surface area contributed by atoms with Crippen LogP contribution in [0.4, 0.5) is 17.2 Å². The van der Waals surface area contributed by atoms with E-state index in [2.05, 4.69) is 19.7 Å². The van der Waals surface area contributed by atoms with Crippen LogP contribution in [0, 0.1) is 17.0 Å². The number of pyridine rings is 1. The molecule has 3 rings (SSSR count). The summed E-state index contributed by atoms with van der Waals surface area (Å²) in [7, 11) is -16.7. The number of fused-ring (bicyclic) bond motifs is 1. The monoisotopic (exact) mass is 710 g/mol. The van der Waals surface area contributed by atoms with Crippen LogP contribution in [-0.4, -0.2) is 52.0 Å². The Morgan fingerprint density at radius 1 is 0.977 bits per heavy atom. The van der Waals surface area contributed by atoms with Gasteiger partial charge in [0.2, 0.25) is 0 Å². The van der Waals surface area contributed by atoms with Crippen molar-refractivity contribution in [1.29, 1.82) is 0 Å². The summed E-state index contributed by atoms with van der Waals surface area (Å²) in [6.45, 7) is -0.213. The maximum Gasteiger partial charge on any atom is 1.00 e. The normalized spacial score (nSPS) is 11.6. The number of nitro groups is 1. The number of nitrogens with zero attached hydrogens (tertiary/aromatic N) is 4. The van der Waals surface area contributed by atoms with Gasteiger partial charge in [0.1, 0.15) is 25.8 Å². The molecule has 3 aromatic rings. The van der Waals surface area contributed by atoms with E-state index in [4.69, 9.17) is 0 Å². The molecule has 0 aliphatic heterocycles. The molecule has 0 fully saturated rings. The molecule has 0 atom stereocenters. The van der Waals surface area contributed by atoms with Crippen LogP contribution in [0.3, 0.4) is 0 Å². The fourth-order valence-electron chi connectivity index (χ4n) is 3.36. The molecule has 26 heteroatoms. The number of phosphoric acid groups is 1. The van der Waals surface area contributed by atoms with E-state index in [0.29, 0.717) is 24.3 Å². The number of aryl methyl sites for hydroxylation is 1. The molecule has 0 amide bonds. The van der Waals surface area contributed by atoms with Crippen LogP contribution in [0.15, 0.2) is 44.3 Å². The smallest absolute Gasteiger partial charge is 0.790 e. The van der Waals surface area contributed by atoms with Crippen LogP contribution in [-0.2, 0) is 35.9 Å². The van der Waals surface area contributed by atoms with Crippen molar-refractivity contribution < 1.29 is 183 Å². The predicted molar refractivity (Wildman–Crippen MR) is 121 cm³/mol. The standard InChI is InChI=1S/C18H15N4O15PS2.4Na/c1-7-16(23)15(18(24)25)12(6-37-38(28,29)30)17(19-7)21-20-8-2-10-11(13(3-8)39(31,32)33)4-9(22(26)27)5-14(10)40(34,35)36;;;;/h2-5,23H,6H2,1H3,(H,24,25)(H2,28,29,30)(H,31,32,33)(H,34,35,36);;;;/q;4*+1/p-4. The molecule has 0 unspecified atom stereocenters. The Bertz CT molecular complexity index is 1900. The number of rotatable bonds is 9. The number of carboxylic acid groups (broad SMARTS) is 1. The van der Waals surface area contributed by atoms with Crippen LogP contribution in [0.25, 0.3) is 10.8 Å². The molecule has 1 heterocycles. The molecule has 0 radical (unpaired) electrons. The van der Waals surface area contributed by atoms with E-state index in [1.54, 1.807) is 0 Å². The molecule has 0 spiro atoms. The Morgan fingerprint density at radius 3 is 1.93 bits per heavy atom. The van der Waals surface area contributed by atoms with E-state index in [9.17, 15) is 65.4 Å². The Hall–Kier alpha value is 0.0500. The molecule has 2 aromatic carbocycles. The number of carboxylic acids is 1. The van der Waals surface area contributed by atoms with Gasteiger partial charge in [0.15, 0.2) is 11.6 Å². The third kappa shape index (κ3) is 11.3. The first-order valence-corrected chi connectivity index (χ1v) is 14.2. The minimum atomic E-state index is -5.70. The maximum atomic E-state index is 11.9. The van der Waals surface area contributed by atoms with Crippen LogP contribution in [0.1, 0.15) is 21.6 Å². The Labute approximate surface area is 335 Å². The zero-order valence-electron chi connectivity index (χ0n) is 23.3. The molecule has 0 aliphatic rings. The second kappa shape index (κ2) is 17.4. The Morgan fingerprint density at radius 2 is 1.48 bits per heavy atom. The number of nitro benzene ring substituents is 1. The first kappa shape index (κ1) is 46.2. The largest absolute Gasteiger partial charge is 1.00 e. The molecule has 44 heavy (non-hydrogen) atoms. The number of non-ortho nitro benzene ring substituents is 1. The van der Waals surface area contributed by atoms with Gasteiger partial charge in [-0.2, -0.15) is 0 Å². The Balaban J connectivity index is 0. The first-order valence-electron chi connectivity index (χ1n) is 9.92. The van der Waals surface area contributed by atoms with Gasteiger partial charge in [0.05, 0.1) is 40.5 Å². The van der Waals surface area contributed by atoms with Crippen molar-refractivity contribution in [2.45, 2.75) is 23.3 Å². The fourth-order valence-corrected chi connectivity index (χ4v) is 5.05. The van der Waals surface area contributed by atoms with E-state index in [1.807, 2.05) is 0 Å². The number of phosphoric ester groups is 1. The predicted octanol–water partition coefficient (Wildman–Crippen LogP) is -11.6. The second-order valence-corrected chi connectivity index (χ2v) is 11.4. The molecule has 0 saturated carbocycles. The second-order valence-electron chi connectivity index (χ2n) is 7.60. The average molecular weight is 710 g/mol. The van der Waals surface area contributed by atoms with Crippen molar-refractivity contribution in [3.63, 3.8) is 0 Å². The summed E-state index contributed by atoms with van der Waals surface area (Å²) in [6, 6.07) is 2.03. The molecule has 214 valence electrons. The third-order valence-corrected chi connectivity index (χ3v) is 7.18. The molecule has 0 bridgehead atoms. The van der Waals surface area contributed by atoms with Crippen molar-refractivity contribution in [2.75, 3.05) is 0 Å². The maximum absolute atomic E-state index is 11.9. The zero-order valence-corrected chi connectivity index (χ0v) is 33.8. The number of benzene rings is 2. The van der Waals surface area contributed by atoms with E-state index in [-0.39, 0.29) is 118 Å². The number of aromatic nitrogens is 1. The molecule has 19 nitrogen and oxygen atoms in total. The molecule has 1 aromatic heterocycles. The van der Waals surface area contributed by atoms with Crippen LogP contribution in [0.5, 0.6) is 5.75 Å². The number of carbonyl (C=O) groups is 1. The molecule has 0 saturated heterocycles. The van der Waals surface area contributed by atoms with Gasteiger partial charge in [-0.15, -0.1) is 10.2 Å². The minimum Gasteiger partial charge on any atom is -0.790 e. The summed E-state index contributed by atoms with van der Waals surface area (Å²) >= 11 is 0. The van der Waals surface area contributed by atoms with E-state index < -0.39 is 106 Å². The average Bonchev–Trinajstić information content (AvgIpc) is 2.80. The van der Waals surface area contributed by atoms with Gasteiger partial charge < -0.3 is 38.2 Å². The van der Waals surface area contributed by atoms with Gasteiger partial charge >= 0.3 is 124 Å². The van der Waals surface area contributed by atoms with Crippen LogP contribution < -0.4 is 128 Å². The van der Waals surface area contributed by atoms with Crippen molar-refractivity contribution in [2.24, 2.45) is 10.2 Å². The molecule has 2 N–H and O–H groups in total. The molecular weight excluding hydrogens is 699 g/mol. The number of azo groups is 1. The quantitative estimate of drug-likeness (QED) is 0.0520. The summed E-state index contributed by atoms with van der Waals surface area (Å²) in [5, 5.41) is 36.2. The van der Waals surface area contributed by atoms with Crippen molar-refractivity contribution in [3.8, 4) is 5.75 Å². The van der Waals surface area contributed by atoms with E-state index in [0.717, 1.165) is 6.92 Å². The van der Waals surface area contributed by atoms with Gasteiger partial charge in [-0.25, -0.2) is 26.6 Å². The van der Waals surface area contributed by atoms with Crippen molar-refractivity contribution in [3.05, 3.63) is 51.2 Å². The van der Waals surface area contributed by atoms with Crippen LogP contribution in [0.2, 0.25) is 0 Å². The number of aromatic carboxylic acids is 1. The van der Waals surface area contributed by atoms with Gasteiger partial charge in [0.25, 0.3) is 5.69 Å². The first-order chi connectivity index (χ1) is 18.2. The SMILES string of the molecule is Cc1nc(N=Nc2cc(S(=O)(=O)[O-])c3cc([N+](=O)[O-])cc(S(=O)(=O)[O-])c3c2)c(COP(=O)([O-])[O-])c(C(=O)O)c1O.[Na+].[Na+].[Na+].[Na+]. The van der Waals surface area contributed by atoms with Crippen LogP contribution >= 0.6 is 7.82 Å². The van der Waals surface area contributed by atoms with Gasteiger partial charge in [-0.1, -0.05) is 0 Å². The van der Waals surface area contributed by atoms with Gasteiger partial charge in [-0.05, 0) is 19.1 Å². The number of hydrogen-bond acceptors (Lipinski definition) is 17. The zero-order chi connectivity index (χ0) is 30.4. The molecule has 0 aliphatic carbocycles. The van der Waals surface area contributed by atoms with Crippen molar-refractivity contribution >= 4 is 62.0 Å². The van der Waals surface area contributed by atoms with Crippen molar-refractivity contribution in [1.82, 2.24) is 4.98 Å². The Kier molecular flexibility index (Phi) is 18.3. The summed E-state index contributed by atoms with van der Waals surface area (Å²) in [6.07, 6.45) is 0. The summed E-state index contributed by atoms with van der Waals surface area (Å²) in [5.41, 5.74) is -3.90. The summed E-state index contributed by atoms with van der Waals surface area (Å²) in [5.74, 6) is -3.59. The topological polar surface area (TPSA) is 325 Å². The summed E-state index contributed by atoms with van der Waals surface area (Å²) in [4.78, 5) is 44.7. The minimum absolute atomic E-state index is 0.